The zero-order valence-corrected chi connectivity index (χ0v) is 13.5. The first-order chi connectivity index (χ1) is 10.1. The predicted molar refractivity (Wildman–Crippen MR) is 85.2 cm³/mol. The summed E-state index contributed by atoms with van der Waals surface area (Å²) in [5, 5.41) is 9.05. The third kappa shape index (κ3) is 4.85. The lowest BCUT2D eigenvalue weighted by Crippen LogP contribution is -2.36. The Morgan fingerprint density at radius 2 is 1.81 bits per heavy atom. The Hall–Kier alpha value is -1.35. The number of aliphatic hydroxyl groups is 1. The molecule has 0 aliphatic rings. The Kier molecular flexibility index (Phi) is 7.44. The van der Waals surface area contributed by atoms with E-state index in [0.29, 0.717) is 12.8 Å². The minimum absolute atomic E-state index is 0.134. The number of carbonyl (C=O) groups excluding carboxylic acids is 1. The maximum Gasteiger partial charge on any atom is 0.313 e. The molecule has 0 amide bonds. The fourth-order valence-corrected chi connectivity index (χ4v) is 2.71. The first-order valence-corrected chi connectivity index (χ1v) is 8.01. The van der Waals surface area contributed by atoms with Gasteiger partial charge in [0.1, 0.15) is 5.60 Å². The summed E-state index contributed by atoms with van der Waals surface area (Å²) in [4.78, 5) is 12.6. The van der Waals surface area contributed by atoms with Crippen LogP contribution < -0.4 is 0 Å². The molecule has 0 aliphatic heterocycles. The van der Waals surface area contributed by atoms with Crippen molar-refractivity contribution in [3.05, 3.63) is 35.9 Å². The number of rotatable bonds is 9. The minimum atomic E-state index is -0.442. The highest BCUT2D eigenvalue weighted by atomic mass is 16.6. The second-order valence-corrected chi connectivity index (χ2v) is 5.51. The van der Waals surface area contributed by atoms with Crippen LogP contribution in [0.25, 0.3) is 0 Å². The average Bonchev–Trinajstić information content (AvgIpc) is 2.53. The predicted octanol–water partition coefficient (Wildman–Crippen LogP) is 4.05. The largest absolute Gasteiger partial charge is 0.459 e. The standard InChI is InChI=1S/C18H28O3/c1-4-16(15-11-8-7-9-12-15)17(20)21-18(5-2,6-3)13-10-14-19/h7-9,11-12,16,19H,4-6,10,13-14H2,1-3H3. The molecule has 21 heavy (non-hydrogen) atoms. The molecule has 0 radical (unpaired) electrons. The number of benzene rings is 1. The molecule has 0 saturated carbocycles. The summed E-state index contributed by atoms with van der Waals surface area (Å²) >= 11 is 0. The van der Waals surface area contributed by atoms with Crippen LogP contribution in [0.1, 0.15) is 64.4 Å². The average molecular weight is 292 g/mol. The Labute approximate surface area is 128 Å². The zero-order chi connectivity index (χ0) is 15.7. The van der Waals surface area contributed by atoms with Crippen molar-refractivity contribution in [2.45, 2.75) is 64.4 Å². The smallest absolute Gasteiger partial charge is 0.313 e. The van der Waals surface area contributed by atoms with Gasteiger partial charge < -0.3 is 9.84 Å². The number of hydrogen-bond donors (Lipinski definition) is 1. The van der Waals surface area contributed by atoms with Crippen LogP contribution in [0.3, 0.4) is 0 Å². The zero-order valence-electron chi connectivity index (χ0n) is 13.5. The highest BCUT2D eigenvalue weighted by Gasteiger charge is 2.33. The molecule has 1 aromatic carbocycles. The molecule has 0 bridgehead atoms. The van der Waals surface area contributed by atoms with E-state index in [1.165, 1.54) is 0 Å². The monoisotopic (exact) mass is 292 g/mol. The van der Waals surface area contributed by atoms with Crippen molar-refractivity contribution in [3.8, 4) is 0 Å². The third-order valence-corrected chi connectivity index (χ3v) is 4.29. The SMILES string of the molecule is CCC(C(=O)OC(CC)(CC)CCCO)c1ccccc1. The van der Waals surface area contributed by atoms with Crippen molar-refractivity contribution in [1.82, 2.24) is 0 Å². The summed E-state index contributed by atoms with van der Waals surface area (Å²) in [6.07, 6.45) is 3.66. The number of esters is 1. The molecule has 118 valence electrons. The highest BCUT2D eigenvalue weighted by molar-refractivity contribution is 5.78. The summed E-state index contributed by atoms with van der Waals surface area (Å²) in [6, 6.07) is 9.80. The molecule has 0 saturated heterocycles. The van der Waals surface area contributed by atoms with Crippen LogP contribution in [0.5, 0.6) is 0 Å². The number of ether oxygens (including phenoxy) is 1. The first kappa shape index (κ1) is 17.7. The molecule has 1 unspecified atom stereocenters. The van der Waals surface area contributed by atoms with Crippen LogP contribution in [0.2, 0.25) is 0 Å². The van der Waals surface area contributed by atoms with Gasteiger partial charge in [0.25, 0.3) is 0 Å². The van der Waals surface area contributed by atoms with Crippen molar-refractivity contribution in [2.24, 2.45) is 0 Å². The molecule has 3 heteroatoms. The molecular formula is C18H28O3. The van der Waals surface area contributed by atoms with E-state index in [0.717, 1.165) is 24.8 Å². The third-order valence-electron chi connectivity index (χ3n) is 4.29. The van der Waals surface area contributed by atoms with Crippen LogP contribution in [-0.2, 0) is 9.53 Å². The Bertz CT molecular complexity index is 410. The lowest BCUT2D eigenvalue weighted by Gasteiger charge is -2.33. The molecule has 0 aliphatic carbocycles. The molecule has 1 aromatic rings. The molecule has 0 spiro atoms. The summed E-state index contributed by atoms with van der Waals surface area (Å²) in [5.74, 6) is -0.358. The lowest BCUT2D eigenvalue weighted by molar-refractivity contribution is -0.164. The van der Waals surface area contributed by atoms with Gasteiger partial charge in [-0.3, -0.25) is 4.79 Å². The molecule has 1 N–H and O–H groups in total. The van der Waals surface area contributed by atoms with Crippen LogP contribution in [-0.4, -0.2) is 23.3 Å². The second kappa shape index (κ2) is 8.83. The number of aliphatic hydroxyl groups excluding tert-OH is 1. The number of hydrogen-bond acceptors (Lipinski definition) is 3. The van der Waals surface area contributed by atoms with E-state index >= 15 is 0 Å². The van der Waals surface area contributed by atoms with Gasteiger partial charge in [-0.25, -0.2) is 0 Å². The van der Waals surface area contributed by atoms with Crippen molar-refractivity contribution < 1.29 is 14.6 Å². The Morgan fingerprint density at radius 3 is 2.29 bits per heavy atom. The number of carbonyl (C=O) groups is 1. The van der Waals surface area contributed by atoms with Crippen molar-refractivity contribution >= 4 is 5.97 Å². The van der Waals surface area contributed by atoms with E-state index in [4.69, 9.17) is 9.84 Å². The fraction of sp³-hybridized carbons (Fsp3) is 0.611. The van der Waals surface area contributed by atoms with Crippen LogP contribution >= 0.6 is 0 Å². The first-order valence-electron chi connectivity index (χ1n) is 8.01. The summed E-state index contributed by atoms with van der Waals surface area (Å²) in [6.45, 7) is 6.22. The van der Waals surface area contributed by atoms with Crippen molar-refractivity contribution in [1.29, 1.82) is 0 Å². The van der Waals surface area contributed by atoms with Crippen molar-refractivity contribution in [2.75, 3.05) is 6.61 Å². The van der Waals surface area contributed by atoms with Crippen LogP contribution in [0.4, 0.5) is 0 Å². The Morgan fingerprint density at radius 1 is 1.19 bits per heavy atom. The van der Waals surface area contributed by atoms with E-state index in [-0.39, 0.29) is 18.5 Å². The summed E-state index contributed by atoms with van der Waals surface area (Å²) < 4.78 is 5.90. The van der Waals surface area contributed by atoms with Crippen molar-refractivity contribution in [3.63, 3.8) is 0 Å². The van der Waals surface area contributed by atoms with E-state index in [1.807, 2.05) is 51.1 Å². The normalized spacial score (nSPS) is 13.0. The second-order valence-electron chi connectivity index (χ2n) is 5.51. The van der Waals surface area contributed by atoms with Crippen LogP contribution in [0.15, 0.2) is 30.3 Å². The highest BCUT2D eigenvalue weighted by Crippen LogP contribution is 2.30. The van der Waals surface area contributed by atoms with Gasteiger partial charge in [0.05, 0.1) is 5.92 Å². The maximum atomic E-state index is 12.6. The molecule has 0 aromatic heterocycles. The van der Waals surface area contributed by atoms with E-state index < -0.39 is 5.60 Å². The minimum Gasteiger partial charge on any atom is -0.459 e. The van der Waals surface area contributed by atoms with Gasteiger partial charge >= 0.3 is 5.97 Å². The van der Waals surface area contributed by atoms with Gasteiger partial charge in [-0.15, -0.1) is 0 Å². The van der Waals surface area contributed by atoms with Gasteiger partial charge in [0.2, 0.25) is 0 Å². The molecular weight excluding hydrogens is 264 g/mol. The summed E-state index contributed by atoms with van der Waals surface area (Å²) in [5.41, 5.74) is 0.565. The molecule has 0 heterocycles. The van der Waals surface area contributed by atoms with Gasteiger partial charge in [-0.2, -0.15) is 0 Å². The topological polar surface area (TPSA) is 46.5 Å². The summed E-state index contributed by atoms with van der Waals surface area (Å²) in [7, 11) is 0. The fourth-order valence-electron chi connectivity index (χ4n) is 2.71. The lowest BCUT2D eigenvalue weighted by atomic mass is 9.90. The molecule has 0 fully saturated rings. The van der Waals surface area contributed by atoms with Gasteiger partial charge in [0, 0.05) is 6.61 Å². The van der Waals surface area contributed by atoms with Crippen LogP contribution in [0, 0.1) is 0 Å². The van der Waals surface area contributed by atoms with Gasteiger partial charge in [-0.05, 0) is 37.7 Å². The van der Waals surface area contributed by atoms with Gasteiger partial charge in [0.15, 0.2) is 0 Å². The van der Waals surface area contributed by atoms with E-state index in [1.54, 1.807) is 0 Å². The van der Waals surface area contributed by atoms with Gasteiger partial charge in [-0.1, -0.05) is 51.1 Å². The molecule has 1 rings (SSSR count). The van der Waals surface area contributed by atoms with E-state index in [2.05, 4.69) is 0 Å². The van der Waals surface area contributed by atoms with E-state index in [9.17, 15) is 4.79 Å². The maximum absolute atomic E-state index is 12.6. The quantitative estimate of drug-likeness (QED) is 0.698. The molecule has 3 nitrogen and oxygen atoms in total. The Balaban J connectivity index is 2.84. The molecule has 1 atom stereocenters.